The van der Waals surface area contributed by atoms with Gasteiger partial charge in [0.2, 0.25) is 0 Å². The summed E-state index contributed by atoms with van der Waals surface area (Å²) in [6.07, 6.45) is 5.47. The predicted molar refractivity (Wildman–Crippen MR) is 133 cm³/mol. The van der Waals surface area contributed by atoms with Gasteiger partial charge in [-0.2, -0.15) is 17.5 Å². The van der Waals surface area contributed by atoms with Crippen molar-refractivity contribution in [3.05, 3.63) is 109 Å². The maximum atomic E-state index is 10.5. The minimum atomic E-state index is -0.352. The van der Waals surface area contributed by atoms with Crippen molar-refractivity contribution >= 4 is 36.6 Å². The third kappa shape index (κ3) is 11.7. The Morgan fingerprint density at radius 3 is 1.71 bits per heavy atom. The number of rotatable bonds is 3. The average molecular weight is 586 g/mol. The van der Waals surface area contributed by atoms with Gasteiger partial charge in [0.05, 0.1) is 5.91 Å². The number of benzene rings is 3. The molecule has 0 heterocycles. The molecule has 0 spiro atoms. The van der Waals surface area contributed by atoms with E-state index in [0.717, 1.165) is 35.2 Å². The van der Waals surface area contributed by atoms with E-state index in [1.54, 1.807) is 0 Å². The van der Waals surface area contributed by atoms with Crippen LogP contribution in [0.5, 0.6) is 0 Å². The molecule has 0 aromatic heterocycles. The van der Waals surface area contributed by atoms with E-state index < -0.39 is 0 Å². The Balaban J connectivity index is 0.000000471. The molecule has 4 aromatic rings. The van der Waals surface area contributed by atoms with Crippen molar-refractivity contribution in [3.63, 3.8) is 0 Å². The first kappa shape index (κ1) is 32.4. The maximum Gasteiger partial charge on any atom is 4.00 e. The summed E-state index contributed by atoms with van der Waals surface area (Å²) in [5, 5.41) is 5.46. The molecule has 5 rings (SSSR count). The van der Waals surface area contributed by atoms with Crippen molar-refractivity contribution < 1.29 is 55.8 Å². The van der Waals surface area contributed by atoms with Gasteiger partial charge in [-0.05, 0) is 12.8 Å². The third-order valence-electron chi connectivity index (χ3n) is 5.36. The van der Waals surface area contributed by atoms with Crippen LogP contribution >= 0.6 is 0 Å². The third-order valence-corrected chi connectivity index (χ3v) is 6.60. The Labute approximate surface area is 237 Å². The first-order valence-corrected chi connectivity index (χ1v) is 12.0. The number of hydrogen-bond donors (Lipinski definition) is 0. The van der Waals surface area contributed by atoms with Gasteiger partial charge in [-0.25, -0.2) is 0 Å². The average Bonchev–Trinajstić information content (AvgIpc) is 3.31. The van der Waals surface area contributed by atoms with E-state index in [0.29, 0.717) is 0 Å². The van der Waals surface area contributed by atoms with Crippen molar-refractivity contribution in [3.8, 4) is 0 Å². The summed E-state index contributed by atoms with van der Waals surface area (Å²) in [7, 11) is 0.777. The van der Waals surface area contributed by atoms with Crippen LogP contribution in [0.25, 0.3) is 16.5 Å². The number of amides is 1. The zero-order valence-electron chi connectivity index (χ0n) is 19.1. The fourth-order valence-electron chi connectivity index (χ4n) is 3.64. The van der Waals surface area contributed by atoms with Gasteiger partial charge in [-0.1, -0.05) is 96.4 Å². The van der Waals surface area contributed by atoms with Crippen LogP contribution in [0.3, 0.4) is 0 Å². The molecule has 0 unspecified atom stereocenters. The normalized spacial score (nSPS) is 12.2. The molecule has 0 saturated heterocycles. The molecule has 1 amide bonds. The number of carbonyl (C=O) groups excluding carboxylic acids is 1. The summed E-state index contributed by atoms with van der Waals surface area (Å²) in [6.45, 7) is 0. The first-order valence-electron chi connectivity index (χ1n) is 11.0. The second-order valence-electron chi connectivity index (χ2n) is 7.71. The topological polar surface area (TPSA) is 40.9 Å². The number of carbonyl (C=O) groups is 1. The van der Waals surface area contributed by atoms with Crippen LogP contribution in [0.1, 0.15) is 32.1 Å². The molecule has 1 aliphatic carbocycles. The Morgan fingerprint density at radius 1 is 0.735 bits per heavy atom. The minimum Gasteiger partial charge on any atom is -1.00 e. The molecule has 0 aliphatic heterocycles. The second-order valence-corrected chi connectivity index (χ2v) is 9.12. The van der Waals surface area contributed by atoms with E-state index in [2.05, 4.69) is 103 Å². The molecular weight excluding hydrogens is 557 g/mol. The number of fused-ring (bicyclic) bond motifs is 1. The van der Waals surface area contributed by atoms with Gasteiger partial charge in [-0.15, -0.1) is 29.7 Å². The van der Waals surface area contributed by atoms with E-state index in [-0.39, 0.29) is 62.8 Å². The van der Waals surface area contributed by atoms with Crippen LogP contribution in [0.4, 0.5) is 0 Å². The van der Waals surface area contributed by atoms with Gasteiger partial charge >= 0.3 is 26.2 Å². The summed E-state index contributed by atoms with van der Waals surface area (Å²) in [5.41, 5.74) is 6.83. The number of nitrogens with one attached hydrogen (secondary N) is 1. The summed E-state index contributed by atoms with van der Waals surface area (Å²) in [4.78, 5) is 10.5. The standard InChI is InChI=1S/C12H10Si.C9H7.C7H13NO.2ClH.Zr/c1-3-7-11(8-4-1)13-12-9-5-2-6-10-12;1-2-5-9-7-3-6-8(9)4-1;8-7(9)6-4-2-1-3-5-6;;;/h1-10H;1-7H;6H,1-5H2,(H2,8,9);2*1H;/q;-1;;;;+4/p-3. The summed E-state index contributed by atoms with van der Waals surface area (Å²) in [6, 6.07) is 35.8. The largest absolute Gasteiger partial charge is 4.00 e. The minimum absolute atomic E-state index is 0. The molecular formula is C28H29Cl2NOSiZr. The summed E-state index contributed by atoms with van der Waals surface area (Å²) < 4.78 is 0. The molecule has 2 nitrogen and oxygen atoms in total. The van der Waals surface area contributed by atoms with Gasteiger partial charge in [0.15, 0.2) is 0 Å². The number of halogens is 2. The van der Waals surface area contributed by atoms with Crippen LogP contribution in [-0.2, 0) is 31.0 Å². The monoisotopic (exact) mass is 583 g/mol. The predicted octanol–water partition coefficient (Wildman–Crippen LogP) is 0.0513. The van der Waals surface area contributed by atoms with Crippen LogP contribution in [-0.4, -0.2) is 15.4 Å². The molecule has 1 aliphatic rings. The molecule has 6 heteroatoms. The molecule has 4 aromatic carbocycles. The molecule has 0 bridgehead atoms. The van der Waals surface area contributed by atoms with E-state index >= 15 is 0 Å². The molecule has 1 fully saturated rings. The maximum absolute atomic E-state index is 10.5. The molecule has 0 atom stereocenters. The van der Waals surface area contributed by atoms with Crippen LogP contribution in [0, 0.1) is 5.92 Å². The fraction of sp³-hybridized carbons (Fsp3) is 0.214. The molecule has 174 valence electrons. The summed E-state index contributed by atoms with van der Waals surface area (Å²) in [5.74, 6) is -0.270. The quantitative estimate of drug-likeness (QED) is 0.248. The van der Waals surface area contributed by atoms with Gasteiger partial charge < -0.3 is 35.3 Å². The van der Waals surface area contributed by atoms with Crippen molar-refractivity contribution in [2.75, 3.05) is 0 Å². The fourth-order valence-corrected chi connectivity index (χ4v) is 4.70. The molecule has 2 radical (unpaired) electrons. The first-order chi connectivity index (χ1) is 15.2. The van der Waals surface area contributed by atoms with E-state index in [4.69, 9.17) is 5.73 Å². The van der Waals surface area contributed by atoms with Gasteiger partial charge in [0.1, 0.15) is 9.52 Å². The van der Waals surface area contributed by atoms with Crippen LogP contribution < -0.4 is 35.2 Å². The second kappa shape index (κ2) is 18.7. The van der Waals surface area contributed by atoms with Gasteiger partial charge in [0.25, 0.3) is 0 Å². The Hall–Kier alpha value is -1.58. The van der Waals surface area contributed by atoms with Crippen molar-refractivity contribution in [1.82, 2.24) is 0 Å². The number of hydrogen-bond acceptors (Lipinski definition) is 1. The van der Waals surface area contributed by atoms with E-state index in [1.807, 2.05) is 0 Å². The van der Waals surface area contributed by atoms with E-state index in [1.165, 1.54) is 27.6 Å². The Kier molecular flexibility index (Phi) is 17.8. The zero-order chi connectivity index (χ0) is 21.7. The van der Waals surface area contributed by atoms with E-state index in [9.17, 15) is 4.79 Å². The van der Waals surface area contributed by atoms with Crippen LogP contribution in [0.15, 0.2) is 103 Å². The van der Waals surface area contributed by atoms with Crippen molar-refractivity contribution in [1.29, 1.82) is 0 Å². The molecule has 34 heavy (non-hydrogen) atoms. The van der Waals surface area contributed by atoms with Crippen LogP contribution in [0.2, 0.25) is 0 Å². The van der Waals surface area contributed by atoms with Gasteiger partial charge in [-0.3, -0.25) is 0 Å². The Morgan fingerprint density at radius 2 is 1.24 bits per heavy atom. The van der Waals surface area contributed by atoms with Gasteiger partial charge in [0, 0.05) is 5.92 Å². The Bertz CT molecular complexity index is 970. The summed E-state index contributed by atoms with van der Waals surface area (Å²) >= 11 is 0. The SMILES string of the molecule is [Cl-].[Cl-].[NH-]C(=O)C1CCCCC1.[Zr+4].c1ccc([Si]c2ccccc2)cc1.c1ccc2[cH-]ccc2c1. The zero-order valence-corrected chi connectivity index (χ0v) is 24.1. The smallest absolute Gasteiger partial charge is 1.00 e. The molecule has 1 N–H and O–H groups in total. The van der Waals surface area contributed by atoms with Crippen molar-refractivity contribution in [2.45, 2.75) is 32.1 Å². The molecule has 1 saturated carbocycles. The van der Waals surface area contributed by atoms with Crippen molar-refractivity contribution in [2.24, 2.45) is 5.92 Å².